The van der Waals surface area contributed by atoms with E-state index in [0.29, 0.717) is 5.92 Å². The highest BCUT2D eigenvalue weighted by atomic mass is 16.5. The molecule has 0 radical (unpaired) electrons. The van der Waals surface area contributed by atoms with E-state index >= 15 is 0 Å². The van der Waals surface area contributed by atoms with E-state index in [1.165, 1.54) is 0 Å². The van der Waals surface area contributed by atoms with Gasteiger partial charge in [-0.05, 0) is 12.8 Å². The monoisotopic (exact) mass is 236 g/mol. The zero-order chi connectivity index (χ0) is 11.9. The number of ether oxygens (including phenoxy) is 1. The summed E-state index contributed by atoms with van der Waals surface area (Å²) >= 11 is 0. The van der Waals surface area contributed by atoms with Crippen molar-refractivity contribution >= 4 is 11.6 Å². The molecule has 0 aliphatic carbocycles. The third-order valence-electron chi connectivity index (χ3n) is 2.79. The Labute approximate surface area is 102 Å². The molecule has 5 heteroatoms. The molecule has 1 aliphatic heterocycles. The van der Waals surface area contributed by atoms with Gasteiger partial charge in [-0.15, -0.1) is 0 Å². The van der Waals surface area contributed by atoms with Gasteiger partial charge in [0.05, 0.1) is 19.0 Å². The van der Waals surface area contributed by atoms with Crippen LogP contribution in [0.3, 0.4) is 0 Å². The van der Waals surface area contributed by atoms with Crippen LogP contribution in [0, 0.1) is 5.92 Å². The second-order valence-corrected chi connectivity index (χ2v) is 4.33. The van der Waals surface area contributed by atoms with Crippen molar-refractivity contribution < 1.29 is 4.74 Å². The summed E-state index contributed by atoms with van der Waals surface area (Å²) in [5.74, 6) is 2.27. The third-order valence-corrected chi connectivity index (χ3v) is 2.79. The maximum absolute atomic E-state index is 5.33. The van der Waals surface area contributed by atoms with Gasteiger partial charge in [0.2, 0.25) is 0 Å². The van der Waals surface area contributed by atoms with Gasteiger partial charge in [0.25, 0.3) is 0 Å². The van der Waals surface area contributed by atoms with Gasteiger partial charge in [-0.25, -0.2) is 4.98 Å². The average Bonchev–Trinajstić information content (AvgIpc) is 2.87. The molecule has 1 saturated heterocycles. The van der Waals surface area contributed by atoms with Gasteiger partial charge in [-0.1, -0.05) is 6.92 Å². The van der Waals surface area contributed by atoms with E-state index in [1.54, 1.807) is 12.4 Å². The first-order valence-corrected chi connectivity index (χ1v) is 6.26. The molecule has 0 saturated carbocycles. The topological polar surface area (TPSA) is 59.1 Å². The molecular formula is C12H20N4O. The molecule has 1 aromatic rings. The molecule has 17 heavy (non-hydrogen) atoms. The van der Waals surface area contributed by atoms with Crippen LogP contribution in [0.15, 0.2) is 12.4 Å². The minimum atomic E-state index is 0.601. The molecule has 0 bridgehead atoms. The molecule has 0 amide bonds. The average molecular weight is 236 g/mol. The van der Waals surface area contributed by atoms with Crippen molar-refractivity contribution in [2.24, 2.45) is 5.92 Å². The highest BCUT2D eigenvalue weighted by molar-refractivity contribution is 5.41. The fourth-order valence-corrected chi connectivity index (χ4v) is 1.78. The summed E-state index contributed by atoms with van der Waals surface area (Å²) in [4.78, 5) is 8.61. The van der Waals surface area contributed by atoms with Crippen molar-refractivity contribution in [1.82, 2.24) is 9.97 Å². The second-order valence-electron chi connectivity index (χ2n) is 4.33. The van der Waals surface area contributed by atoms with Gasteiger partial charge in [-0.2, -0.15) is 0 Å². The predicted molar refractivity (Wildman–Crippen MR) is 68.2 cm³/mol. The Morgan fingerprint density at radius 3 is 2.88 bits per heavy atom. The van der Waals surface area contributed by atoms with Gasteiger partial charge < -0.3 is 15.4 Å². The lowest BCUT2D eigenvalue weighted by atomic mass is 10.1. The second kappa shape index (κ2) is 6.39. The minimum Gasteiger partial charge on any atom is -0.381 e. The van der Waals surface area contributed by atoms with Crippen molar-refractivity contribution in [3.63, 3.8) is 0 Å². The number of hydrogen-bond donors (Lipinski definition) is 2. The van der Waals surface area contributed by atoms with Crippen LogP contribution in [0.25, 0.3) is 0 Å². The van der Waals surface area contributed by atoms with E-state index in [2.05, 4.69) is 27.5 Å². The molecule has 1 aromatic heterocycles. The predicted octanol–water partition coefficient (Wildman–Crippen LogP) is 1.75. The maximum atomic E-state index is 5.33. The Kier molecular flexibility index (Phi) is 4.55. The molecule has 94 valence electrons. The van der Waals surface area contributed by atoms with Crippen molar-refractivity contribution in [3.05, 3.63) is 12.4 Å². The van der Waals surface area contributed by atoms with Crippen LogP contribution in [0.5, 0.6) is 0 Å². The molecule has 2 heterocycles. The van der Waals surface area contributed by atoms with Crippen LogP contribution in [-0.4, -0.2) is 36.3 Å². The summed E-state index contributed by atoms with van der Waals surface area (Å²) in [6, 6.07) is 0. The largest absolute Gasteiger partial charge is 0.381 e. The van der Waals surface area contributed by atoms with Crippen molar-refractivity contribution in [2.45, 2.75) is 19.8 Å². The molecule has 0 spiro atoms. The fraction of sp³-hybridized carbons (Fsp3) is 0.667. The first-order chi connectivity index (χ1) is 8.38. The highest BCUT2D eigenvalue weighted by Gasteiger charge is 2.15. The number of hydrogen-bond acceptors (Lipinski definition) is 5. The number of aromatic nitrogens is 2. The zero-order valence-corrected chi connectivity index (χ0v) is 10.3. The van der Waals surface area contributed by atoms with Crippen molar-refractivity contribution in [3.8, 4) is 0 Å². The van der Waals surface area contributed by atoms with Crippen LogP contribution in [0.2, 0.25) is 0 Å². The number of rotatable bonds is 6. The maximum Gasteiger partial charge on any atom is 0.146 e. The summed E-state index contributed by atoms with van der Waals surface area (Å²) in [6.07, 6.45) is 5.72. The van der Waals surface area contributed by atoms with Gasteiger partial charge in [0, 0.05) is 25.6 Å². The Hall–Kier alpha value is -1.36. The highest BCUT2D eigenvalue weighted by Crippen LogP contribution is 2.13. The van der Waals surface area contributed by atoms with E-state index in [4.69, 9.17) is 4.74 Å². The lowest BCUT2D eigenvalue weighted by molar-refractivity contribution is 0.187. The lowest BCUT2D eigenvalue weighted by Crippen LogP contribution is -2.15. The van der Waals surface area contributed by atoms with Gasteiger partial charge in [-0.3, -0.25) is 4.98 Å². The van der Waals surface area contributed by atoms with E-state index in [1.807, 2.05) is 0 Å². The van der Waals surface area contributed by atoms with Gasteiger partial charge in [0.1, 0.15) is 11.6 Å². The normalized spacial score (nSPS) is 19.2. The standard InChI is InChI=1S/C12H20N4O/c1-2-4-14-11-7-13-8-12(16-11)15-6-10-3-5-17-9-10/h7-8,10H,2-6,9H2,1H3,(H2,14,15,16). The summed E-state index contributed by atoms with van der Waals surface area (Å²) in [7, 11) is 0. The van der Waals surface area contributed by atoms with Crippen molar-refractivity contribution in [1.29, 1.82) is 0 Å². The summed E-state index contributed by atoms with van der Waals surface area (Å²) in [5.41, 5.74) is 0. The zero-order valence-electron chi connectivity index (χ0n) is 10.3. The number of anilines is 2. The van der Waals surface area contributed by atoms with E-state index in [-0.39, 0.29) is 0 Å². The van der Waals surface area contributed by atoms with E-state index < -0.39 is 0 Å². The van der Waals surface area contributed by atoms with Gasteiger partial charge >= 0.3 is 0 Å². The minimum absolute atomic E-state index is 0.601. The molecule has 1 atom stereocenters. The molecule has 2 N–H and O–H groups in total. The van der Waals surface area contributed by atoms with Crippen molar-refractivity contribution in [2.75, 3.05) is 36.9 Å². The number of nitrogens with one attached hydrogen (secondary N) is 2. The van der Waals surface area contributed by atoms with Crippen LogP contribution >= 0.6 is 0 Å². The quantitative estimate of drug-likeness (QED) is 0.788. The molecule has 5 nitrogen and oxygen atoms in total. The van der Waals surface area contributed by atoms with Crippen LogP contribution in [0.4, 0.5) is 11.6 Å². The van der Waals surface area contributed by atoms with Crippen LogP contribution in [-0.2, 0) is 4.74 Å². The SMILES string of the molecule is CCCNc1cncc(NCC2CCOC2)n1. The lowest BCUT2D eigenvalue weighted by Gasteiger charge is -2.10. The number of nitrogens with zero attached hydrogens (tertiary/aromatic N) is 2. The van der Waals surface area contributed by atoms with E-state index in [0.717, 1.165) is 50.8 Å². The summed E-state index contributed by atoms with van der Waals surface area (Å²) in [5, 5.41) is 6.53. The third kappa shape index (κ3) is 3.85. The molecule has 2 rings (SSSR count). The molecule has 0 aromatic carbocycles. The van der Waals surface area contributed by atoms with E-state index in [9.17, 15) is 0 Å². The Bertz CT molecular complexity index is 339. The Balaban J connectivity index is 1.82. The molecular weight excluding hydrogens is 216 g/mol. The first-order valence-electron chi connectivity index (χ1n) is 6.26. The fourth-order valence-electron chi connectivity index (χ4n) is 1.78. The molecule has 1 fully saturated rings. The molecule has 1 aliphatic rings. The smallest absolute Gasteiger partial charge is 0.146 e. The first kappa shape index (κ1) is 12.1. The van der Waals surface area contributed by atoms with Gasteiger partial charge in [0.15, 0.2) is 0 Å². The summed E-state index contributed by atoms with van der Waals surface area (Å²) in [6.45, 7) is 5.70. The summed E-state index contributed by atoms with van der Waals surface area (Å²) < 4.78 is 5.33. The van der Waals surface area contributed by atoms with Crippen LogP contribution in [0.1, 0.15) is 19.8 Å². The Morgan fingerprint density at radius 2 is 2.18 bits per heavy atom. The van der Waals surface area contributed by atoms with Crippen LogP contribution < -0.4 is 10.6 Å². The molecule has 1 unspecified atom stereocenters. The Morgan fingerprint density at radius 1 is 1.35 bits per heavy atom.